The maximum atomic E-state index is 13.5. The van der Waals surface area contributed by atoms with Gasteiger partial charge in [0.25, 0.3) is 5.91 Å². The molecule has 2 heterocycles. The standard InChI is InChI=1S/C24H24ClF2N5O2/c1-14(26)24(33)31-21-9-17-20(10-22(21)34-12-15-4-3-7-32(2)11-15)28-13-29-23(17)30-16-5-6-19(27)18(25)8-16/h5-6,8-10,13,15H,1,3-4,7,11-12H2,2H3,(H,31,33)(H,28,29,30). The Bertz CT molecular complexity index is 1240. The summed E-state index contributed by atoms with van der Waals surface area (Å²) in [5.41, 5.74) is 1.31. The van der Waals surface area contributed by atoms with E-state index in [0.717, 1.165) is 25.9 Å². The monoisotopic (exact) mass is 487 g/mol. The molecular weight excluding hydrogens is 464 g/mol. The van der Waals surface area contributed by atoms with E-state index >= 15 is 0 Å². The number of benzene rings is 2. The summed E-state index contributed by atoms with van der Waals surface area (Å²) in [6.45, 7) is 5.46. The lowest BCUT2D eigenvalue weighted by Gasteiger charge is -2.29. The largest absolute Gasteiger partial charge is 0.491 e. The van der Waals surface area contributed by atoms with Crippen molar-refractivity contribution in [2.24, 2.45) is 5.92 Å². The molecule has 3 aromatic rings. The van der Waals surface area contributed by atoms with Crippen LogP contribution in [0, 0.1) is 11.7 Å². The average Bonchev–Trinajstić information content (AvgIpc) is 2.80. The zero-order valence-corrected chi connectivity index (χ0v) is 19.3. The molecule has 0 spiro atoms. The topological polar surface area (TPSA) is 79.4 Å². The van der Waals surface area contributed by atoms with Crippen LogP contribution >= 0.6 is 11.6 Å². The first-order chi connectivity index (χ1) is 16.3. The molecule has 7 nitrogen and oxygen atoms in total. The molecule has 2 aromatic carbocycles. The summed E-state index contributed by atoms with van der Waals surface area (Å²) in [5.74, 6) is -1.54. The first-order valence-corrected chi connectivity index (χ1v) is 11.2. The van der Waals surface area contributed by atoms with Crippen LogP contribution in [0.1, 0.15) is 12.8 Å². The third-order valence-electron chi connectivity index (χ3n) is 5.61. The molecule has 1 aliphatic rings. The van der Waals surface area contributed by atoms with Crippen LogP contribution in [-0.4, -0.2) is 47.5 Å². The number of amides is 1. The second-order valence-corrected chi connectivity index (χ2v) is 8.69. The molecule has 10 heteroatoms. The van der Waals surface area contributed by atoms with Gasteiger partial charge >= 0.3 is 0 Å². The lowest BCUT2D eigenvalue weighted by Crippen LogP contribution is -2.34. The molecule has 0 aliphatic carbocycles. The summed E-state index contributed by atoms with van der Waals surface area (Å²) in [4.78, 5) is 22.9. The van der Waals surface area contributed by atoms with Crippen molar-refractivity contribution in [2.75, 3.05) is 37.4 Å². The van der Waals surface area contributed by atoms with Crippen molar-refractivity contribution < 1.29 is 18.3 Å². The van der Waals surface area contributed by atoms with E-state index in [-0.39, 0.29) is 10.7 Å². The lowest BCUT2D eigenvalue weighted by atomic mass is 9.99. The fourth-order valence-electron chi connectivity index (χ4n) is 3.92. The van der Waals surface area contributed by atoms with Crippen molar-refractivity contribution in [3.63, 3.8) is 0 Å². The first kappa shape index (κ1) is 23.8. The van der Waals surface area contributed by atoms with Crippen LogP contribution in [0.15, 0.2) is 49.1 Å². The predicted molar refractivity (Wildman–Crippen MR) is 129 cm³/mol. The fourth-order valence-corrected chi connectivity index (χ4v) is 4.10. The Labute approximate surface area is 200 Å². The summed E-state index contributed by atoms with van der Waals surface area (Å²) < 4.78 is 33.0. The SMILES string of the molecule is C=C(F)C(=O)Nc1cc2c(Nc3ccc(F)c(Cl)c3)ncnc2cc1OCC1CCCN(C)C1. The van der Waals surface area contributed by atoms with Crippen molar-refractivity contribution in [1.29, 1.82) is 0 Å². The maximum Gasteiger partial charge on any atom is 0.283 e. The minimum Gasteiger partial charge on any atom is -0.491 e. The Morgan fingerprint density at radius 2 is 2.15 bits per heavy atom. The van der Waals surface area contributed by atoms with Crippen LogP contribution in [0.3, 0.4) is 0 Å². The number of carbonyl (C=O) groups is 1. The number of carbonyl (C=O) groups excluding carboxylic acids is 1. The zero-order chi connectivity index (χ0) is 24.2. The third-order valence-corrected chi connectivity index (χ3v) is 5.90. The van der Waals surface area contributed by atoms with E-state index in [2.05, 4.69) is 39.1 Å². The molecule has 0 bridgehead atoms. The quantitative estimate of drug-likeness (QED) is 0.440. The number of rotatable bonds is 7. The van der Waals surface area contributed by atoms with Crippen LogP contribution < -0.4 is 15.4 Å². The number of halogens is 3. The second kappa shape index (κ2) is 10.3. The summed E-state index contributed by atoms with van der Waals surface area (Å²) in [6.07, 6.45) is 3.50. The summed E-state index contributed by atoms with van der Waals surface area (Å²) >= 11 is 5.88. The molecule has 2 N–H and O–H groups in total. The molecular formula is C24H24ClF2N5O2. The molecule has 1 aliphatic heterocycles. The Morgan fingerprint density at radius 3 is 2.88 bits per heavy atom. The third kappa shape index (κ3) is 5.60. The van der Waals surface area contributed by atoms with Gasteiger partial charge in [0.15, 0.2) is 5.83 Å². The summed E-state index contributed by atoms with van der Waals surface area (Å²) in [7, 11) is 2.07. The van der Waals surface area contributed by atoms with Gasteiger partial charge in [-0.15, -0.1) is 0 Å². The van der Waals surface area contributed by atoms with Crippen molar-refractivity contribution in [1.82, 2.24) is 14.9 Å². The van der Waals surface area contributed by atoms with E-state index in [9.17, 15) is 13.6 Å². The van der Waals surface area contributed by atoms with Gasteiger partial charge in [0.2, 0.25) is 0 Å². The van der Waals surface area contributed by atoms with Crippen LogP contribution in [0.4, 0.5) is 26.0 Å². The second-order valence-electron chi connectivity index (χ2n) is 8.28. The minimum atomic E-state index is -1.12. The molecule has 4 rings (SSSR count). The molecule has 0 radical (unpaired) electrons. The molecule has 1 fully saturated rings. The molecule has 178 valence electrons. The Hall–Kier alpha value is -3.30. The maximum absolute atomic E-state index is 13.5. The number of fused-ring (bicyclic) bond motifs is 1. The number of nitrogens with zero attached hydrogens (tertiary/aromatic N) is 3. The highest BCUT2D eigenvalue weighted by Gasteiger charge is 2.20. The highest BCUT2D eigenvalue weighted by Crippen LogP contribution is 2.34. The number of hydrogen-bond acceptors (Lipinski definition) is 6. The summed E-state index contributed by atoms with van der Waals surface area (Å²) in [5, 5.41) is 6.07. The number of ether oxygens (including phenoxy) is 1. The minimum absolute atomic E-state index is 0.0400. The molecule has 1 aromatic heterocycles. The molecule has 1 atom stereocenters. The fraction of sp³-hybridized carbons (Fsp3) is 0.292. The van der Waals surface area contributed by atoms with E-state index in [0.29, 0.717) is 40.7 Å². The van der Waals surface area contributed by atoms with Gasteiger partial charge in [-0.1, -0.05) is 18.2 Å². The Balaban J connectivity index is 1.67. The number of hydrogen-bond donors (Lipinski definition) is 2. The van der Waals surface area contributed by atoms with Gasteiger partial charge < -0.3 is 20.3 Å². The van der Waals surface area contributed by atoms with E-state index < -0.39 is 17.6 Å². The van der Waals surface area contributed by atoms with Gasteiger partial charge in [-0.3, -0.25) is 4.79 Å². The number of nitrogens with one attached hydrogen (secondary N) is 2. The number of piperidine rings is 1. The Kier molecular flexibility index (Phi) is 7.23. The van der Waals surface area contributed by atoms with Crippen LogP contribution in [0.2, 0.25) is 5.02 Å². The van der Waals surface area contributed by atoms with Crippen LogP contribution in [0.25, 0.3) is 10.9 Å². The normalized spacial score (nSPS) is 16.3. The van der Waals surface area contributed by atoms with Crippen molar-refractivity contribution in [2.45, 2.75) is 12.8 Å². The van der Waals surface area contributed by atoms with E-state index in [1.165, 1.54) is 24.5 Å². The Morgan fingerprint density at radius 1 is 1.32 bits per heavy atom. The van der Waals surface area contributed by atoms with Gasteiger partial charge in [-0.2, -0.15) is 0 Å². The van der Waals surface area contributed by atoms with Crippen LogP contribution in [0.5, 0.6) is 5.75 Å². The van der Waals surface area contributed by atoms with E-state index in [1.54, 1.807) is 12.1 Å². The van der Waals surface area contributed by atoms with Crippen LogP contribution in [-0.2, 0) is 4.79 Å². The predicted octanol–water partition coefficient (Wildman–Crippen LogP) is 5.31. The molecule has 1 saturated heterocycles. The summed E-state index contributed by atoms with van der Waals surface area (Å²) in [6, 6.07) is 7.46. The number of anilines is 3. The van der Waals surface area contributed by atoms with Gasteiger partial charge in [0.05, 0.1) is 22.8 Å². The highest BCUT2D eigenvalue weighted by molar-refractivity contribution is 6.31. The number of likely N-dealkylation sites (tertiary alicyclic amines) is 1. The van der Waals surface area contributed by atoms with Gasteiger partial charge in [-0.25, -0.2) is 18.7 Å². The average molecular weight is 488 g/mol. The molecule has 1 amide bonds. The van der Waals surface area contributed by atoms with Gasteiger partial charge in [-0.05, 0) is 50.7 Å². The van der Waals surface area contributed by atoms with Gasteiger partial charge in [0, 0.05) is 29.6 Å². The zero-order valence-electron chi connectivity index (χ0n) is 18.6. The smallest absolute Gasteiger partial charge is 0.283 e. The first-order valence-electron chi connectivity index (χ1n) is 10.8. The molecule has 1 unspecified atom stereocenters. The number of aromatic nitrogens is 2. The van der Waals surface area contributed by atoms with E-state index in [4.69, 9.17) is 16.3 Å². The van der Waals surface area contributed by atoms with E-state index in [1.807, 2.05) is 0 Å². The lowest BCUT2D eigenvalue weighted by molar-refractivity contribution is -0.114. The molecule has 34 heavy (non-hydrogen) atoms. The highest BCUT2D eigenvalue weighted by atomic mass is 35.5. The van der Waals surface area contributed by atoms with Gasteiger partial charge in [0.1, 0.15) is 23.7 Å². The molecule has 0 saturated carbocycles. The van der Waals surface area contributed by atoms with Crippen molar-refractivity contribution in [3.8, 4) is 5.75 Å². The van der Waals surface area contributed by atoms with Crippen molar-refractivity contribution >= 4 is 45.6 Å². The van der Waals surface area contributed by atoms with Crippen molar-refractivity contribution in [3.05, 3.63) is 59.9 Å².